The summed E-state index contributed by atoms with van der Waals surface area (Å²) in [6.45, 7) is 5.27. The molecule has 0 radical (unpaired) electrons. The average Bonchev–Trinajstić information content (AvgIpc) is 2.98. The summed E-state index contributed by atoms with van der Waals surface area (Å²) in [6, 6.07) is 12.3. The third-order valence-electron chi connectivity index (χ3n) is 4.64. The number of hydrogen-bond donors (Lipinski definition) is 1. The maximum absolute atomic E-state index is 11.4. The van der Waals surface area contributed by atoms with Crippen molar-refractivity contribution in [2.75, 3.05) is 0 Å². The lowest BCUT2D eigenvalue weighted by molar-refractivity contribution is -0.139. The number of thiocarbonyl (C=S) groups is 1. The van der Waals surface area contributed by atoms with Gasteiger partial charge in [0.15, 0.2) is 0 Å². The summed E-state index contributed by atoms with van der Waals surface area (Å²) in [7, 11) is 0. The molecule has 4 heteroatoms. The summed E-state index contributed by atoms with van der Waals surface area (Å²) in [5.41, 5.74) is 4.18. The van der Waals surface area contributed by atoms with Crippen LogP contribution in [0.15, 0.2) is 36.4 Å². The molecule has 0 saturated carbocycles. The van der Waals surface area contributed by atoms with Crippen molar-refractivity contribution in [2.45, 2.75) is 45.6 Å². The third-order valence-corrected chi connectivity index (χ3v) is 5.08. The molecule has 0 saturated heterocycles. The Hall–Kier alpha value is -1.94. The Morgan fingerprint density at radius 3 is 2.58 bits per heavy atom. The predicted molar refractivity (Wildman–Crippen MR) is 99.8 cm³/mol. The van der Waals surface area contributed by atoms with Crippen LogP contribution in [0.3, 0.4) is 0 Å². The van der Waals surface area contributed by atoms with Gasteiger partial charge in [-0.15, -0.1) is 0 Å². The van der Waals surface area contributed by atoms with Crippen LogP contribution in [0.2, 0.25) is 0 Å². The molecule has 1 aromatic heterocycles. The zero-order chi connectivity index (χ0) is 17.3. The molecular formula is C20H23NO2S. The van der Waals surface area contributed by atoms with Gasteiger partial charge in [0, 0.05) is 12.2 Å². The molecule has 1 aliphatic rings. The van der Waals surface area contributed by atoms with E-state index in [-0.39, 0.29) is 0 Å². The van der Waals surface area contributed by atoms with Crippen LogP contribution in [-0.4, -0.2) is 20.5 Å². The first-order valence-electron chi connectivity index (χ1n) is 8.53. The Bertz CT molecular complexity index is 758. The van der Waals surface area contributed by atoms with Gasteiger partial charge < -0.3 is 9.67 Å². The quantitative estimate of drug-likeness (QED) is 0.647. The van der Waals surface area contributed by atoms with Crippen molar-refractivity contribution in [2.24, 2.45) is 5.92 Å². The van der Waals surface area contributed by atoms with Gasteiger partial charge in [-0.1, -0.05) is 50.3 Å². The van der Waals surface area contributed by atoms with Crippen LogP contribution in [0.1, 0.15) is 55.1 Å². The van der Waals surface area contributed by atoms with Crippen molar-refractivity contribution < 1.29 is 9.90 Å². The lowest BCUT2D eigenvalue weighted by Gasteiger charge is -2.23. The van der Waals surface area contributed by atoms with E-state index in [1.807, 2.05) is 12.1 Å². The number of rotatable bonds is 5. The molecule has 0 fully saturated rings. The minimum atomic E-state index is -0.746. The summed E-state index contributed by atoms with van der Waals surface area (Å²) in [6.07, 6.45) is 2.64. The Morgan fingerprint density at radius 1 is 1.25 bits per heavy atom. The number of carboxylic acid groups (broad SMARTS) is 1. The van der Waals surface area contributed by atoms with Gasteiger partial charge in [0.25, 0.3) is 0 Å². The van der Waals surface area contributed by atoms with E-state index in [4.69, 9.17) is 12.2 Å². The zero-order valence-electron chi connectivity index (χ0n) is 14.2. The maximum Gasteiger partial charge on any atom is 0.312 e. The second-order valence-electron chi connectivity index (χ2n) is 6.95. The number of hydrogen-bond acceptors (Lipinski definition) is 2. The fourth-order valence-electron chi connectivity index (χ4n) is 3.50. The van der Waals surface area contributed by atoms with E-state index in [0.717, 1.165) is 41.2 Å². The number of aliphatic carboxylic acids is 1. The molecule has 1 N–H and O–H groups in total. The molecule has 1 aliphatic heterocycles. The smallest absolute Gasteiger partial charge is 0.312 e. The van der Waals surface area contributed by atoms with Crippen LogP contribution in [0.25, 0.3) is 0 Å². The van der Waals surface area contributed by atoms with Gasteiger partial charge in [-0.2, -0.15) is 0 Å². The lowest BCUT2D eigenvalue weighted by Crippen LogP contribution is -2.23. The monoisotopic (exact) mass is 341 g/mol. The van der Waals surface area contributed by atoms with E-state index in [9.17, 15) is 9.90 Å². The van der Waals surface area contributed by atoms with E-state index in [1.165, 1.54) is 5.56 Å². The molecule has 24 heavy (non-hydrogen) atoms. The highest BCUT2D eigenvalue weighted by Crippen LogP contribution is 2.30. The fraction of sp³-hybridized carbons (Fsp3) is 0.400. The summed E-state index contributed by atoms with van der Waals surface area (Å²) in [5, 5.41) is 9.41. The molecule has 1 unspecified atom stereocenters. The molecule has 126 valence electrons. The first kappa shape index (κ1) is 16.9. The molecule has 3 rings (SSSR count). The first-order chi connectivity index (χ1) is 11.5. The van der Waals surface area contributed by atoms with Crippen LogP contribution in [0, 0.1) is 5.92 Å². The van der Waals surface area contributed by atoms with Crippen molar-refractivity contribution in [3.05, 3.63) is 58.9 Å². The molecule has 1 aromatic carbocycles. The number of nitrogens with zero attached hydrogens (tertiary/aromatic N) is 1. The molecule has 0 aliphatic carbocycles. The minimum Gasteiger partial charge on any atom is -0.481 e. The number of carboxylic acids is 1. The molecule has 1 atom stereocenters. The Balaban J connectivity index is 1.87. The molecule has 0 amide bonds. The van der Waals surface area contributed by atoms with Gasteiger partial charge in [-0.25, -0.2) is 0 Å². The van der Waals surface area contributed by atoms with E-state index in [0.29, 0.717) is 12.3 Å². The number of aromatic nitrogens is 1. The second kappa shape index (κ2) is 6.89. The van der Waals surface area contributed by atoms with Crippen LogP contribution in [0.5, 0.6) is 0 Å². The highest BCUT2D eigenvalue weighted by molar-refractivity contribution is 7.81. The van der Waals surface area contributed by atoms with Gasteiger partial charge in [-0.3, -0.25) is 4.79 Å². The Kier molecular flexibility index (Phi) is 4.86. The van der Waals surface area contributed by atoms with E-state index >= 15 is 0 Å². The molecular weight excluding hydrogens is 318 g/mol. The van der Waals surface area contributed by atoms with Gasteiger partial charge in [-0.05, 0) is 48.4 Å². The Labute approximate surface area is 148 Å². The maximum atomic E-state index is 11.4. The molecule has 2 heterocycles. The average molecular weight is 341 g/mol. The van der Waals surface area contributed by atoms with E-state index in [2.05, 4.69) is 42.7 Å². The largest absolute Gasteiger partial charge is 0.481 e. The second-order valence-corrected chi connectivity index (χ2v) is 7.36. The van der Waals surface area contributed by atoms with Crippen molar-refractivity contribution in [3.63, 3.8) is 0 Å². The van der Waals surface area contributed by atoms with Crippen LogP contribution in [-0.2, 0) is 17.8 Å². The molecule has 2 aromatic rings. The van der Waals surface area contributed by atoms with Crippen molar-refractivity contribution in [1.29, 1.82) is 0 Å². The topological polar surface area (TPSA) is 42.2 Å². The number of carbonyl (C=O) groups is 1. The number of benzene rings is 1. The van der Waals surface area contributed by atoms with Crippen LogP contribution < -0.4 is 0 Å². The predicted octanol–water partition coefficient (Wildman–Crippen LogP) is 4.41. The van der Waals surface area contributed by atoms with Gasteiger partial charge in [0.05, 0.1) is 16.5 Å². The number of fused-ring (bicyclic) bond motifs is 1. The van der Waals surface area contributed by atoms with Crippen LogP contribution in [0.4, 0.5) is 0 Å². The highest BCUT2D eigenvalue weighted by Gasteiger charge is 2.28. The fourth-order valence-corrected chi connectivity index (χ4v) is 3.81. The molecule has 0 bridgehead atoms. The van der Waals surface area contributed by atoms with Crippen molar-refractivity contribution in [1.82, 2.24) is 4.57 Å². The lowest BCUT2D eigenvalue weighted by atomic mass is 9.96. The van der Waals surface area contributed by atoms with Gasteiger partial charge in [0.1, 0.15) is 0 Å². The summed E-state index contributed by atoms with van der Waals surface area (Å²) in [4.78, 5) is 12.2. The third kappa shape index (κ3) is 3.29. The van der Waals surface area contributed by atoms with Gasteiger partial charge >= 0.3 is 5.97 Å². The van der Waals surface area contributed by atoms with Gasteiger partial charge in [0.2, 0.25) is 0 Å². The zero-order valence-corrected chi connectivity index (χ0v) is 15.0. The SMILES string of the molecule is CC(C)Cc1ccc(C(=S)c2ccc3n2CCCC3C(=O)O)cc1. The van der Waals surface area contributed by atoms with Crippen molar-refractivity contribution >= 4 is 23.1 Å². The molecule has 0 spiro atoms. The summed E-state index contributed by atoms with van der Waals surface area (Å²) >= 11 is 5.69. The minimum absolute atomic E-state index is 0.413. The Morgan fingerprint density at radius 2 is 1.96 bits per heavy atom. The standard InChI is InChI=1S/C20H23NO2S/c1-13(2)12-14-5-7-15(8-6-14)19(24)18-10-9-17-16(20(22)23)4-3-11-21(17)18/h5-10,13,16H,3-4,11-12H2,1-2H3,(H,22,23). The summed E-state index contributed by atoms with van der Waals surface area (Å²) in [5.74, 6) is -0.526. The van der Waals surface area contributed by atoms with E-state index in [1.54, 1.807) is 0 Å². The highest BCUT2D eigenvalue weighted by atomic mass is 32.1. The van der Waals surface area contributed by atoms with E-state index < -0.39 is 11.9 Å². The van der Waals surface area contributed by atoms with Crippen LogP contribution >= 0.6 is 12.2 Å². The first-order valence-corrected chi connectivity index (χ1v) is 8.94. The summed E-state index contributed by atoms with van der Waals surface area (Å²) < 4.78 is 2.09. The molecule has 3 nitrogen and oxygen atoms in total. The normalized spacial score (nSPS) is 16.9. The van der Waals surface area contributed by atoms with Crippen molar-refractivity contribution in [3.8, 4) is 0 Å².